The highest BCUT2D eigenvalue weighted by atomic mass is 35.5. The summed E-state index contributed by atoms with van der Waals surface area (Å²) in [6, 6.07) is 5.75. The molecule has 0 saturated carbocycles. The fourth-order valence-corrected chi connectivity index (χ4v) is 7.10. The summed E-state index contributed by atoms with van der Waals surface area (Å²) in [6.45, 7) is 4.89. The van der Waals surface area contributed by atoms with Gasteiger partial charge in [-0.05, 0) is 68.2 Å². The summed E-state index contributed by atoms with van der Waals surface area (Å²) in [5.41, 5.74) is 2.06. The smallest absolute Gasteiger partial charge is 0.311 e. The zero-order valence-corrected chi connectivity index (χ0v) is 27.1. The van der Waals surface area contributed by atoms with E-state index in [1.54, 1.807) is 27.0 Å². The first-order chi connectivity index (χ1) is 22.5. The summed E-state index contributed by atoms with van der Waals surface area (Å²) in [5, 5.41) is 5.41. The molecule has 0 radical (unpaired) electrons. The minimum absolute atomic E-state index is 0.0378. The number of carbonyl (C=O) groups excluding carboxylic acids is 2. The van der Waals surface area contributed by atoms with Gasteiger partial charge in [0, 0.05) is 60.7 Å². The number of rotatable bonds is 8. The Kier molecular flexibility index (Phi) is 8.99. The van der Waals surface area contributed by atoms with Gasteiger partial charge in [-0.15, -0.1) is 11.6 Å². The number of amides is 1. The van der Waals surface area contributed by atoms with Gasteiger partial charge in [-0.2, -0.15) is 5.10 Å². The Morgan fingerprint density at radius 2 is 1.96 bits per heavy atom. The largest absolute Gasteiger partial charge is 0.481 e. The quantitative estimate of drug-likeness (QED) is 0.264. The number of carbonyl (C=O) groups is 2. The molecule has 0 spiro atoms. The number of aryl methyl sites for hydroxylation is 2. The van der Waals surface area contributed by atoms with Crippen LogP contribution in [0.15, 0.2) is 53.2 Å². The first kappa shape index (κ1) is 32.5. The number of nitrogens with one attached hydrogen (secondary N) is 1. The lowest BCUT2D eigenvalue weighted by Crippen LogP contribution is -2.51. The zero-order chi connectivity index (χ0) is 33.6. The zero-order valence-electron chi connectivity index (χ0n) is 26.4. The number of pyridine rings is 1. The van der Waals surface area contributed by atoms with Crippen molar-refractivity contribution < 1.29 is 27.8 Å². The fraction of sp³-hybridized carbons (Fsp3) is 0.382. The summed E-state index contributed by atoms with van der Waals surface area (Å²) < 4.78 is 43.1. The fourth-order valence-electron chi connectivity index (χ4n) is 6.68. The van der Waals surface area contributed by atoms with E-state index in [-0.39, 0.29) is 45.9 Å². The van der Waals surface area contributed by atoms with Gasteiger partial charge in [0.1, 0.15) is 17.2 Å². The Bertz CT molecular complexity index is 1890. The number of aromatic nitrogens is 3. The Labute approximate surface area is 275 Å². The van der Waals surface area contributed by atoms with Crippen LogP contribution in [0.5, 0.6) is 5.88 Å². The second-order valence-corrected chi connectivity index (χ2v) is 12.3. The minimum atomic E-state index is -1.06. The number of halogens is 3. The van der Waals surface area contributed by atoms with Crippen LogP contribution in [0.2, 0.25) is 0 Å². The molecule has 1 amide bonds. The van der Waals surface area contributed by atoms with Crippen molar-refractivity contribution in [1.29, 1.82) is 0 Å². The van der Waals surface area contributed by atoms with E-state index >= 15 is 8.78 Å². The molecule has 6 rings (SSSR count). The molecule has 2 aliphatic carbocycles. The van der Waals surface area contributed by atoms with Gasteiger partial charge >= 0.3 is 5.97 Å². The van der Waals surface area contributed by atoms with E-state index in [1.165, 1.54) is 31.5 Å². The van der Waals surface area contributed by atoms with Crippen molar-refractivity contribution in [3.63, 3.8) is 0 Å². The van der Waals surface area contributed by atoms with Gasteiger partial charge < -0.3 is 14.8 Å². The molecule has 10 nitrogen and oxygen atoms in total. The predicted octanol–water partition coefficient (Wildman–Crippen LogP) is 5.01. The molecule has 2 aromatic heterocycles. The normalized spacial score (nSPS) is 21.0. The van der Waals surface area contributed by atoms with Gasteiger partial charge in [-0.1, -0.05) is 6.08 Å². The lowest BCUT2D eigenvalue weighted by molar-refractivity contribution is -0.155. The Morgan fingerprint density at radius 1 is 1.19 bits per heavy atom. The number of fused-ring (bicyclic) bond motifs is 1. The van der Waals surface area contributed by atoms with E-state index in [1.807, 2.05) is 6.07 Å². The van der Waals surface area contributed by atoms with Crippen LogP contribution in [0.25, 0.3) is 5.57 Å². The molecular weight excluding hydrogens is 632 g/mol. The molecule has 246 valence electrons. The van der Waals surface area contributed by atoms with Crippen LogP contribution in [0.4, 0.5) is 14.5 Å². The topological polar surface area (TPSA) is 116 Å². The summed E-state index contributed by atoms with van der Waals surface area (Å²) in [6.07, 6.45) is 5.76. The number of hydrogen-bond donors (Lipinski definition) is 1. The van der Waals surface area contributed by atoms with Crippen molar-refractivity contribution in [2.24, 2.45) is 13.0 Å². The molecule has 1 aromatic carbocycles. The van der Waals surface area contributed by atoms with Crippen LogP contribution in [-0.2, 0) is 23.0 Å². The van der Waals surface area contributed by atoms with Crippen LogP contribution < -0.4 is 15.6 Å². The molecule has 3 heterocycles. The minimum Gasteiger partial charge on any atom is -0.481 e. The van der Waals surface area contributed by atoms with Crippen LogP contribution in [-0.4, -0.2) is 63.7 Å². The summed E-state index contributed by atoms with van der Waals surface area (Å²) in [7, 11) is 2.96. The van der Waals surface area contributed by atoms with Crippen LogP contribution in [0.3, 0.4) is 0 Å². The lowest BCUT2D eigenvalue weighted by Gasteiger charge is -2.42. The first-order valence-corrected chi connectivity index (χ1v) is 15.8. The molecule has 0 bridgehead atoms. The molecule has 3 aromatic rings. The third kappa shape index (κ3) is 5.84. The Balaban J connectivity index is 1.28. The number of hydrogen-bond acceptors (Lipinski definition) is 8. The van der Waals surface area contributed by atoms with Gasteiger partial charge in [-0.3, -0.25) is 19.3 Å². The van der Waals surface area contributed by atoms with E-state index in [0.29, 0.717) is 31.3 Å². The van der Waals surface area contributed by atoms with Crippen LogP contribution >= 0.6 is 11.6 Å². The van der Waals surface area contributed by atoms with Gasteiger partial charge in [0.15, 0.2) is 0 Å². The van der Waals surface area contributed by atoms with Crippen LogP contribution in [0.1, 0.15) is 63.6 Å². The Hall–Kier alpha value is -4.42. The summed E-state index contributed by atoms with van der Waals surface area (Å²) in [5.74, 6) is -2.68. The number of anilines is 1. The highest BCUT2D eigenvalue weighted by Crippen LogP contribution is 2.47. The van der Waals surface area contributed by atoms with E-state index in [4.69, 9.17) is 26.1 Å². The third-order valence-corrected chi connectivity index (χ3v) is 9.62. The van der Waals surface area contributed by atoms with Crippen LogP contribution in [0, 0.1) is 18.7 Å². The van der Waals surface area contributed by atoms with Gasteiger partial charge in [0.2, 0.25) is 5.88 Å². The maximum absolute atomic E-state index is 15.6. The number of likely N-dealkylation sites (tertiary alicyclic amines) is 1. The maximum atomic E-state index is 15.6. The molecule has 47 heavy (non-hydrogen) atoms. The lowest BCUT2D eigenvalue weighted by atomic mass is 9.84. The Morgan fingerprint density at radius 3 is 2.68 bits per heavy atom. The van der Waals surface area contributed by atoms with Crippen molar-refractivity contribution in [2.45, 2.75) is 44.0 Å². The maximum Gasteiger partial charge on any atom is 0.311 e. The molecule has 1 N–H and O–H groups in total. The monoisotopic (exact) mass is 665 g/mol. The number of alkyl halides is 1. The summed E-state index contributed by atoms with van der Waals surface area (Å²) in [4.78, 5) is 44.6. The highest BCUT2D eigenvalue weighted by Gasteiger charge is 2.43. The predicted molar refractivity (Wildman–Crippen MR) is 172 cm³/mol. The van der Waals surface area contributed by atoms with Crippen molar-refractivity contribution in [1.82, 2.24) is 19.7 Å². The number of ether oxygens (including phenoxy) is 2. The third-order valence-electron chi connectivity index (χ3n) is 9.13. The number of nitrogens with zero attached hydrogens (tertiary/aromatic N) is 4. The summed E-state index contributed by atoms with van der Waals surface area (Å²) >= 11 is 6.99. The second kappa shape index (κ2) is 13.0. The second-order valence-electron chi connectivity index (χ2n) is 11.9. The van der Waals surface area contributed by atoms with Crippen molar-refractivity contribution in [3.8, 4) is 5.88 Å². The molecule has 1 aliphatic heterocycles. The van der Waals surface area contributed by atoms with E-state index in [2.05, 4.69) is 15.3 Å². The average molecular weight is 666 g/mol. The molecule has 13 heteroatoms. The molecule has 1 fully saturated rings. The molecular formula is C34H34ClF2N5O5. The molecule has 1 saturated heterocycles. The standard InChI is InChI=1S/C34H34ClF2N5O5/c1-5-47-34(45)19-15-42(16-19)26-11-6-18-14-25(40-32(46-4)28(18)26)20-7-8-23(37)29(30(20)35)27-17(2)24(10-9-22(27)36)39-31(43)21-12-13-38-41(3)33(21)44/h7-10,12-14,19-20,26,30H,5-6,11,15-16H2,1-4H3,(H,39,43)/t20?,26-,30?/m1/s1. The van der Waals surface area contributed by atoms with E-state index < -0.39 is 34.4 Å². The van der Waals surface area contributed by atoms with Gasteiger partial charge in [-0.25, -0.2) is 18.4 Å². The van der Waals surface area contributed by atoms with Gasteiger partial charge in [0.05, 0.1) is 30.7 Å². The highest BCUT2D eigenvalue weighted by molar-refractivity contribution is 6.28. The van der Waals surface area contributed by atoms with E-state index in [9.17, 15) is 14.4 Å². The van der Waals surface area contributed by atoms with Crippen molar-refractivity contribution in [3.05, 3.63) is 98.1 Å². The molecule has 2 unspecified atom stereocenters. The number of esters is 1. The SMILES string of the molecule is CCOC(=O)C1CN([C@@H]2CCc3cc(C4C=CC(F)=C(c5c(F)ccc(NC(=O)c6ccnn(C)c6=O)c5C)C4Cl)nc(OC)c32)C1. The number of methoxy groups -OCH3 is 1. The van der Waals surface area contributed by atoms with E-state index in [0.717, 1.165) is 34.7 Å². The molecule has 3 atom stereocenters. The first-order valence-electron chi connectivity index (χ1n) is 15.4. The average Bonchev–Trinajstić information content (AvgIpc) is 3.44. The van der Waals surface area contributed by atoms with Crippen molar-refractivity contribution >= 4 is 34.7 Å². The number of benzene rings is 1. The van der Waals surface area contributed by atoms with Gasteiger partial charge in [0.25, 0.3) is 11.5 Å². The number of allylic oxidation sites excluding steroid dienone is 4. The molecule has 3 aliphatic rings. The van der Waals surface area contributed by atoms with Crippen molar-refractivity contribution in [2.75, 3.05) is 32.1 Å².